The Hall–Kier alpha value is -1.55. The van der Waals surface area contributed by atoms with Crippen molar-refractivity contribution in [2.45, 2.75) is 89.9 Å². The second-order valence-electron chi connectivity index (χ2n) is 7.70. The molecule has 0 fully saturated rings. The van der Waals surface area contributed by atoms with Crippen LogP contribution in [0.3, 0.4) is 0 Å². The van der Waals surface area contributed by atoms with Gasteiger partial charge in [-0.2, -0.15) is 0 Å². The van der Waals surface area contributed by atoms with Crippen LogP contribution in [0.15, 0.2) is 24.3 Å². The van der Waals surface area contributed by atoms with Crippen LogP contribution in [0.2, 0.25) is 0 Å². The Labute approximate surface area is 181 Å². The number of nitrogens with one attached hydrogen (secondary N) is 1. The average Bonchev–Trinajstić information content (AvgIpc) is 2.73. The largest absolute Gasteiger partial charge is 0.469 e. The lowest BCUT2D eigenvalue weighted by Gasteiger charge is -2.07. The fourth-order valence-corrected chi connectivity index (χ4v) is 3.52. The summed E-state index contributed by atoms with van der Waals surface area (Å²) in [4.78, 5) is 22.0. The third-order valence-electron chi connectivity index (χ3n) is 5.23. The van der Waals surface area contributed by atoms with Crippen LogP contribution < -0.4 is 5.32 Å². The van der Waals surface area contributed by atoms with Crippen molar-refractivity contribution in [3.05, 3.63) is 29.8 Å². The number of benzene rings is 1. The smallest absolute Gasteiger partial charge is 0.305 e. The summed E-state index contributed by atoms with van der Waals surface area (Å²) in [6.45, 7) is 0.966. The Morgan fingerprint density at radius 3 is 1.66 bits per heavy atom. The predicted molar refractivity (Wildman–Crippen MR) is 122 cm³/mol. The zero-order chi connectivity index (χ0) is 21.2. The van der Waals surface area contributed by atoms with E-state index in [-0.39, 0.29) is 5.97 Å². The van der Waals surface area contributed by atoms with Crippen molar-refractivity contribution < 1.29 is 14.3 Å². The number of carbonyl (C=O) groups is 2. The first kappa shape index (κ1) is 25.5. The third kappa shape index (κ3) is 14.1. The first-order valence-corrected chi connectivity index (χ1v) is 11.6. The first-order valence-electron chi connectivity index (χ1n) is 11.2. The summed E-state index contributed by atoms with van der Waals surface area (Å²) < 4.78 is 4.64. The maximum atomic E-state index is 11.0. The molecule has 0 saturated carbocycles. The summed E-state index contributed by atoms with van der Waals surface area (Å²) in [5.41, 5.74) is 1.57. The van der Waals surface area contributed by atoms with Crippen molar-refractivity contribution in [1.29, 1.82) is 0 Å². The average molecular weight is 424 g/mol. The second-order valence-corrected chi connectivity index (χ2v) is 8.04. The van der Waals surface area contributed by atoms with Gasteiger partial charge in [0.25, 0.3) is 5.24 Å². The van der Waals surface area contributed by atoms with Gasteiger partial charge in [-0.15, -0.1) is 0 Å². The van der Waals surface area contributed by atoms with Crippen molar-refractivity contribution in [2.24, 2.45) is 0 Å². The molecule has 0 aliphatic carbocycles. The van der Waals surface area contributed by atoms with E-state index >= 15 is 0 Å². The van der Waals surface area contributed by atoms with Crippen molar-refractivity contribution in [3.63, 3.8) is 0 Å². The van der Waals surface area contributed by atoms with Gasteiger partial charge in [0.05, 0.1) is 7.11 Å². The van der Waals surface area contributed by atoms with E-state index in [1.807, 2.05) is 12.1 Å². The molecule has 0 aliphatic heterocycles. The Morgan fingerprint density at radius 2 is 1.21 bits per heavy atom. The van der Waals surface area contributed by atoms with E-state index in [1.54, 1.807) is 12.1 Å². The molecule has 29 heavy (non-hydrogen) atoms. The summed E-state index contributed by atoms with van der Waals surface area (Å²) in [7, 11) is 1.45. The molecule has 0 atom stereocenters. The van der Waals surface area contributed by atoms with Crippen LogP contribution in [0, 0.1) is 0 Å². The van der Waals surface area contributed by atoms with Crippen molar-refractivity contribution in [2.75, 3.05) is 19.0 Å². The molecule has 0 amide bonds. The second kappa shape index (κ2) is 17.3. The molecule has 0 spiro atoms. The van der Waals surface area contributed by atoms with Crippen LogP contribution in [-0.4, -0.2) is 24.9 Å². The van der Waals surface area contributed by atoms with E-state index < -0.39 is 5.24 Å². The number of unbranched alkanes of at least 4 members (excludes halogenated alkanes) is 12. The lowest BCUT2D eigenvalue weighted by molar-refractivity contribution is -0.140. The van der Waals surface area contributed by atoms with Crippen LogP contribution in [0.5, 0.6) is 0 Å². The number of hydrogen-bond donors (Lipinski definition) is 1. The third-order valence-corrected chi connectivity index (χ3v) is 5.44. The highest BCUT2D eigenvalue weighted by atomic mass is 35.5. The Bertz CT molecular complexity index is 560. The Morgan fingerprint density at radius 1 is 0.759 bits per heavy atom. The van der Waals surface area contributed by atoms with Gasteiger partial charge in [0.15, 0.2) is 0 Å². The molecule has 0 radical (unpaired) electrons. The van der Waals surface area contributed by atoms with Crippen molar-refractivity contribution in [1.82, 2.24) is 0 Å². The maximum Gasteiger partial charge on any atom is 0.305 e. The van der Waals surface area contributed by atoms with E-state index in [4.69, 9.17) is 11.6 Å². The summed E-state index contributed by atoms with van der Waals surface area (Å²) >= 11 is 5.44. The minimum Gasteiger partial charge on any atom is -0.469 e. The number of ether oxygens (including phenoxy) is 1. The lowest BCUT2D eigenvalue weighted by atomic mass is 10.0. The van der Waals surface area contributed by atoms with Gasteiger partial charge in [-0.25, -0.2) is 0 Å². The van der Waals surface area contributed by atoms with E-state index in [9.17, 15) is 9.59 Å². The monoisotopic (exact) mass is 423 g/mol. The number of methoxy groups -OCH3 is 1. The highest BCUT2D eigenvalue weighted by molar-refractivity contribution is 6.67. The van der Waals surface area contributed by atoms with Gasteiger partial charge in [0.1, 0.15) is 0 Å². The van der Waals surface area contributed by atoms with E-state index in [0.717, 1.165) is 25.1 Å². The minimum absolute atomic E-state index is 0.0857. The number of esters is 1. The van der Waals surface area contributed by atoms with Crippen molar-refractivity contribution in [3.8, 4) is 0 Å². The number of hydrogen-bond acceptors (Lipinski definition) is 4. The Kier molecular flexibility index (Phi) is 15.2. The van der Waals surface area contributed by atoms with Crippen LogP contribution in [0.4, 0.5) is 5.69 Å². The molecule has 1 rings (SSSR count). The molecule has 4 nitrogen and oxygen atoms in total. The summed E-state index contributed by atoms with van der Waals surface area (Å²) in [5.74, 6) is -0.0857. The molecule has 0 saturated heterocycles. The quantitative estimate of drug-likeness (QED) is 0.155. The summed E-state index contributed by atoms with van der Waals surface area (Å²) in [6.07, 6.45) is 17.0. The van der Waals surface area contributed by atoms with E-state index in [1.165, 1.54) is 77.7 Å². The summed E-state index contributed by atoms with van der Waals surface area (Å²) in [5, 5.41) is 2.97. The molecule has 5 heteroatoms. The van der Waals surface area contributed by atoms with Gasteiger partial charge >= 0.3 is 5.97 Å². The molecule has 0 aromatic heterocycles. The normalized spacial score (nSPS) is 10.7. The highest BCUT2D eigenvalue weighted by Gasteiger charge is 2.01. The molecule has 0 unspecified atom stereocenters. The molecule has 1 aromatic carbocycles. The number of anilines is 1. The standard InChI is InChI=1S/C24H38ClNO3/c1-29-23(27)15-13-11-9-7-5-3-2-4-6-8-10-12-14-20-26-22-18-16-21(17-19-22)24(25)28/h16-19,26H,2-15,20H2,1H3. The zero-order valence-electron chi connectivity index (χ0n) is 18.0. The SMILES string of the molecule is COC(=O)CCCCCCCCCCCCCCCNc1ccc(C(=O)Cl)cc1. The predicted octanol–water partition coefficient (Wildman–Crippen LogP) is 7.11. The number of carbonyl (C=O) groups excluding carboxylic acids is 2. The number of halogens is 1. The maximum absolute atomic E-state index is 11.0. The van der Waals surface area contributed by atoms with Gasteiger partial charge < -0.3 is 10.1 Å². The van der Waals surface area contributed by atoms with Crippen LogP contribution in [-0.2, 0) is 9.53 Å². The van der Waals surface area contributed by atoms with Gasteiger partial charge in [-0.3, -0.25) is 9.59 Å². The molecule has 0 bridgehead atoms. The van der Waals surface area contributed by atoms with Crippen LogP contribution in [0.1, 0.15) is 100 Å². The molecular weight excluding hydrogens is 386 g/mol. The van der Waals surface area contributed by atoms with Crippen LogP contribution >= 0.6 is 11.6 Å². The van der Waals surface area contributed by atoms with Gasteiger partial charge in [-0.1, -0.05) is 70.6 Å². The fraction of sp³-hybridized carbons (Fsp3) is 0.667. The zero-order valence-corrected chi connectivity index (χ0v) is 18.8. The topological polar surface area (TPSA) is 55.4 Å². The van der Waals surface area contributed by atoms with Crippen LogP contribution in [0.25, 0.3) is 0 Å². The molecule has 0 heterocycles. The number of rotatable bonds is 18. The fourth-order valence-electron chi connectivity index (χ4n) is 3.39. The van der Waals surface area contributed by atoms with E-state index in [0.29, 0.717) is 12.0 Å². The van der Waals surface area contributed by atoms with Gasteiger partial charge in [-0.05, 0) is 48.7 Å². The van der Waals surface area contributed by atoms with Crippen molar-refractivity contribution >= 4 is 28.5 Å². The van der Waals surface area contributed by atoms with Gasteiger partial charge in [0.2, 0.25) is 0 Å². The van der Waals surface area contributed by atoms with E-state index in [2.05, 4.69) is 10.1 Å². The highest BCUT2D eigenvalue weighted by Crippen LogP contribution is 2.14. The molecule has 0 aliphatic rings. The Balaban J connectivity index is 1.80. The molecule has 1 N–H and O–H groups in total. The molecule has 1 aromatic rings. The molecule has 164 valence electrons. The minimum atomic E-state index is -0.413. The first-order chi connectivity index (χ1) is 14.1. The molecular formula is C24H38ClNO3. The van der Waals surface area contributed by atoms with Gasteiger partial charge in [0, 0.05) is 24.2 Å². The summed E-state index contributed by atoms with van der Waals surface area (Å²) in [6, 6.07) is 7.31. The lowest BCUT2D eigenvalue weighted by Crippen LogP contribution is -2.01.